The first-order valence-corrected chi connectivity index (χ1v) is 9.48. The first kappa shape index (κ1) is 16.8. The van der Waals surface area contributed by atoms with Gasteiger partial charge >= 0.3 is 0 Å². The molecule has 4 N–H and O–H groups in total. The largest absolute Gasteiger partial charge is 0.394 e. The van der Waals surface area contributed by atoms with Gasteiger partial charge in [-0.1, -0.05) is 24.6 Å². The standard InChI is InChI=1S/C13H19N5O3S2/c1-6(2)22-23-12-10-11(16-13(14)17-12)18(5-15-10)9-3-7(20)8(4-19)21-9/h5-9,19-20H,3-4H2,1-2H3,(H2,14,16,17)/t7-,8+,9?/m0/s1. The Labute approximate surface area is 141 Å². The highest BCUT2D eigenvalue weighted by molar-refractivity contribution is 8.76. The third kappa shape index (κ3) is 3.41. The molecule has 1 unspecified atom stereocenters. The van der Waals surface area contributed by atoms with Crippen LogP contribution in [0.5, 0.6) is 0 Å². The van der Waals surface area contributed by atoms with Crippen molar-refractivity contribution >= 4 is 38.7 Å². The van der Waals surface area contributed by atoms with E-state index in [1.54, 1.807) is 21.7 Å². The molecule has 0 radical (unpaired) electrons. The van der Waals surface area contributed by atoms with Crippen molar-refractivity contribution in [2.75, 3.05) is 12.3 Å². The monoisotopic (exact) mass is 357 g/mol. The number of nitrogen functional groups attached to an aromatic ring is 1. The summed E-state index contributed by atoms with van der Waals surface area (Å²) in [7, 11) is 3.18. The summed E-state index contributed by atoms with van der Waals surface area (Å²) < 4.78 is 7.40. The van der Waals surface area contributed by atoms with Gasteiger partial charge in [-0.3, -0.25) is 4.57 Å². The third-order valence-electron chi connectivity index (χ3n) is 3.42. The fraction of sp³-hybridized carbons (Fsp3) is 0.615. The van der Waals surface area contributed by atoms with Crippen LogP contribution in [0.4, 0.5) is 5.95 Å². The molecule has 1 saturated heterocycles. The number of ether oxygens (including phenoxy) is 1. The summed E-state index contributed by atoms with van der Waals surface area (Å²) in [6, 6.07) is 0. The van der Waals surface area contributed by atoms with E-state index in [0.717, 1.165) is 0 Å². The lowest BCUT2D eigenvalue weighted by Gasteiger charge is -2.14. The molecule has 2 aromatic rings. The highest BCUT2D eigenvalue weighted by Crippen LogP contribution is 2.38. The van der Waals surface area contributed by atoms with Crippen molar-refractivity contribution in [3.05, 3.63) is 6.33 Å². The Morgan fingerprint density at radius 3 is 2.91 bits per heavy atom. The number of aliphatic hydroxyl groups excluding tert-OH is 2. The fourth-order valence-electron chi connectivity index (χ4n) is 2.37. The summed E-state index contributed by atoms with van der Waals surface area (Å²) in [4.78, 5) is 12.9. The van der Waals surface area contributed by atoms with Crippen LogP contribution in [0.3, 0.4) is 0 Å². The van der Waals surface area contributed by atoms with Crippen LogP contribution in [0.25, 0.3) is 11.2 Å². The third-order valence-corrected chi connectivity index (χ3v) is 6.26. The van der Waals surface area contributed by atoms with Crippen molar-refractivity contribution in [3.8, 4) is 0 Å². The number of fused-ring (bicyclic) bond motifs is 1. The van der Waals surface area contributed by atoms with Crippen molar-refractivity contribution in [2.24, 2.45) is 0 Å². The van der Waals surface area contributed by atoms with Crippen LogP contribution in [-0.4, -0.2) is 53.8 Å². The normalized spacial score (nSPS) is 24.8. The van der Waals surface area contributed by atoms with E-state index >= 15 is 0 Å². The molecule has 126 valence electrons. The van der Waals surface area contributed by atoms with E-state index in [4.69, 9.17) is 10.5 Å². The number of nitrogens with two attached hydrogens (primary N) is 1. The summed E-state index contributed by atoms with van der Waals surface area (Å²) in [6.07, 6.45) is 0.232. The zero-order valence-electron chi connectivity index (χ0n) is 12.8. The highest BCUT2D eigenvalue weighted by atomic mass is 33.1. The minimum Gasteiger partial charge on any atom is -0.394 e. The Balaban J connectivity index is 1.94. The first-order chi connectivity index (χ1) is 11.0. The maximum Gasteiger partial charge on any atom is 0.223 e. The maximum absolute atomic E-state index is 9.90. The number of imidazole rings is 1. The van der Waals surface area contributed by atoms with Crippen molar-refractivity contribution in [1.29, 1.82) is 0 Å². The van der Waals surface area contributed by atoms with Gasteiger partial charge in [-0.2, -0.15) is 4.98 Å². The fourth-order valence-corrected chi connectivity index (χ4v) is 4.20. The van der Waals surface area contributed by atoms with Gasteiger partial charge in [-0.15, -0.1) is 0 Å². The zero-order chi connectivity index (χ0) is 16.6. The second-order valence-corrected chi connectivity index (χ2v) is 8.32. The number of aliphatic hydroxyl groups is 2. The number of rotatable bonds is 5. The summed E-state index contributed by atoms with van der Waals surface area (Å²) in [6.45, 7) is 3.97. The van der Waals surface area contributed by atoms with Crippen LogP contribution in [0.15, 0.2) is 11.4 Å². The summed E-state index contributed by atoms with van der Waals surface area (Å²) >= 11 is 0. The van der Waals surface area contributed by atoms with Gasteiger partial charge in [0.1, 0.15) is 22.9 Å². The van der Waals surface area contributed by atoms with E-state index in [1.807, 2.05) is 0 Å². The Morgan fingerprint density at radius 2 is 2.26 bits per heavy atom. The minimum atomic E-state index is -0.716. The van der Waals surface area contributed by atoms with Crippen LogP contribution >= 0.6 is 21.6 Å². The molecule has 0 saturated carbocycles. The molecule has 0 bridgehead atoms. The SMILES string of the molecule is CC(C)SSc1nc(N)nc2c1ncn2C1C[C@H](O)[C@@H](CO)O1. The van der Waals surface area contributed by atoms with E-state index < -0.39 is 18.4 Å². The minimum absolute atomic E-state index is 0.170. The second kappa shape index (κ2) is 6.81. The molecule has 0 amide bonds. The molecule has 3 heterocycles. The van der Waals surface area contributed by atoms with Crippen molar-refractivity contribution in [3.63, 3.8) is 0 Å². The topological polar surface area (TPSA) is 119 Å². The van der Waals surface area contributed by atoms with E-state index in [1.165, 1.54) is 10.8 Å². The number of hydrogen-bond donors (Lipinski definition) is 3. The van der Waals surface area contributed by atoms with Gasteiger partial charge in [0, 0.05) is 11.7 Å². The van der Waals surface area contributed by atoms with Crippen molar-refractivity contribution in [2.45, 2.75) is 49.0 Å². The molecule has 1 aliphatic heterocycles. The average molecular weight is 357 g/mol. The highest BCUT2D eigenvalue weighted by Gasteiger charge is 2.35. The van der Waals surface area contributed by atoms with Crippen LogP contribution in [0, 0.1) is 0 Å². The lowest BCUT2D eigenvalue weighted by molar-refractivity contribution is -0.0432. The molecule has 10 heteroatoms. The average Bonchev–Trinajstić information content (AvgIpc) is 3.07. The quantitative estimate of drug-likeness (QED) is 0.535. The summed E-state index contributed by atoms with van der Waals surface area (Å²) in [5.74, 6) is 0.170. The molecule has 23 heavy (non-hydrogen) atoms. The molecule has 1 fully saturated rings. The molecule has 2 aromatic heterocycles. The molecule has 0 spiro atoms. The molecular formula is C13H19N5O3S2. The predicted molar refractivity (Wildman–Crippen MR) is 89.9 cm³/mol. The summed E-state index contributed by atoms with van der Waals surface area (Å²) in [5, 5.41) is 20.3. The molecule has 1 aliphatic rings. The number of hydrogen-bond acceptors (Lipinski definition) is 9. The van der Waals surface area contributed by atoms with Crippen molar-refractivity contribution < 1.29 is 14.9 Å². The number of anilines is 1. The van der Waals surface area contributed by atoms with Gasteiger partial charge in [0.05, 0.1) is 19.0 Å². The zero-order valence-corrected chi connectivity index (χ0v) is 14.4. The van der Waals surface area contributed by atoms with Gasteiger partial charge < -0.3 is 20.7 Å². The molecular weight excluding hydrogens is 338 g/mol. The Hall–Kier alpha value is -1.07. The lowest BCUT2D eigenvalue weighted by atomic mass is 10.2. The van der Waals surface area contributed by atoms with Crippen LogP contribution in [0.2, 0.25) is 0 Å². The second-order valence-electron chi connectivity index (χ2n) is 5.55. The Kier molecular flexibility index (Phi) is 4.97. The van der Waals surface area contributed by atoms with Crippen molar-refractivity contribution in [1.82, 2.24) is 19.5 Å². The molecule has 0 aliphatic carbocycles. The van der Waals surface area contributed by atoms with Gasteiger partial charge in [0.15, 0.2) is 5.65 Å². The maximum atomic E-state index is 9.90. The van der Waals surface area contributed by atoms with Gasteiger partial charge in [-0.05, 0) is 10.8 Å². The molecule has 3 atom stereocenters. The number of nitrogens with zero attached hydrogens (tertiary/aromatic N) is 4. The van der Waals surface area contributed by atoms with Crippen LogP contribution in [-0.2, 0) is 4.74 Å². The summed E-state index contributed by atoms with van der Waals surface area (Å²) in [5.41, 5.74) is 7.05. The van der Waals surface area contributed by atoms with Gasteiger partial charge in [0.25, 0.3) is 0 Å². The number of aromatic nitrogens is 4. The van der Waals surface area contributed by atoms with E-state index in [2.05, 4.69) is 28.8 Å². The van der Waals surface area contributed by atoms with Gasteiger partial charge in [-0.25, -0.2) is 9.97 Å². The van der Waals surface area contributed by atoms with E-state index in [0.29, 0.717) is 27.9 Å². The Morgan fingerprint density at radius 1 is 1.48 bits per heavy atom. The lowest BCUT2D eigenvalue weighted by Crippen LogP contribution is -2.24. The smallest absolute Gasteiger partial charge is 0.223 e. The van der Waals surface area contributed by atoms with Gasteiger partial charge in [0.2, 0.25) is 5.95 Å². The Bertz CT molecular complexity index is 696. The molecule has 8 nitrogen and oxygen atoms in total. The van der Waals surface area contributed by atoms with E-state index in [9.17, 15) is 10.2 Å². The molecule has 0 aromatic carbocycles. The predicted octanol–water partition coefficient (Wildman–Crippen LogP) is 1.20. The molecule has 3 rings (SSSR count). The van der Waals surface area contributed by atoms with E-state index in [-0.39, 0.29) is 12.6 Å². The van der Waals surface area contributed by atoms with Crippen LogP contribution in [0.1, 0.15) is 26.5 Å². The first-order valence-electron chi connectivity index (χ1n) is 7.27. The van der Waals surface area contributed by atoms with Crippen LogP contribution < -0.4 is 5.73 Å².